The molecule has 0 aliphatic carbocycles. The maximum Gasteiger partial charge on any atom is -0.0196 e. The van der Waals surface area contributed by atoms with Crippen LogP contribution in [0.2, 0.25) is 0 Å². The van der Waals surface area contributed by atoms with Crippen LogP contribution in [0.15, 0.2) is 24.3 Å². The van der Waals surface area contributed by atoms with Crippen LogP contribution in [0.4, 0.5) is 0 Å². The van der Waals surface area contributed by atoms with Crippen molar-refractivity contribution in [3.05, 3.63) is 34.7 Å². The fraction of sp³-hybridized carbons (Fsp3) is 0.500. The van der Waals surface area contributed by atoms with E-state index in [9.17, 15) is 0 Å². The average Bonchev–Trinajstić information content (AvgIpc) is 2.30. The Morgan fingerprint density at radius 2 is 1.62 bits per heavy atom. The summed E-state index contributed by atoms with van der Waals surface area (Å²) in [6.07, 6.45) is 2.17. The van der Waals surface area contributed by atoms with Crippen LogP contribution in [0.1, 0.15) is 49.0 Å². The van der Waals surface area contributed by atoms with Crippen molar-refractivity contribution in [1.82, 2.24) is 0 Å². The highest BCUT2D eigenvalue weighted by molar-refractivity contribution is 5.45. The summed E-state index contributed by atoms with van der Waals surface area (Å²) in [5.41, 5.74) is 1.47. The van der Waals surface area contributed by atoms with Gasteiger partial charge in [-0.05, 0) is 30.2 Å². The molecule has 0 heterocycles. The third kappa shape index (κ3) is 4.65. The van der Waals surface area contributed by atoms with Crippen molar-refractivity contribution in [2.75, 3.05) is 0 Å². The molecule has 92 valence electrons. The molecular weight excluding hydrogens is 192 g/mol. The lowest BCUT2D eigenvalue weighted by Gasteiger charge is -2.04. The lowest BCUT2D eigenvalue weighted by atomic mass is 10.0. The van der Waals surface area contributed by atoms with Crippen LogP contribution in [0.5, 0.6) is 0 Å². The van der Waals surface area contributed by atoms with E-state index in [2.05, 4.69) is 58.0 Å². The highest BCUT2D eigenvalue weighted by Gasteiger charge is 1.97. The number of rotatable bonds is 1. The zero-order valence-corrected chi connectivity index (χ0v) is 11.0. The molecule has 0 amide bonds. The smallest absolute Gasteiger partial charge is 0.0196 e. The van der Waals surface area contributed by atoms with Gasteiger partial charge < -0.3 is 0 Å². The molecule has 0 aliphatic heterocycles. The van der Waals surface area contributed by atoms with Gasteiger partial charge in [-0.3, -0.25) is 0 Å². The molecule has 16 heavy (non-hydrogen) atoms. The van der Waals surface area contributed by atoms with Gasteiger partial charge in [-0.15, -0.1) is 0 Å². The molecule has 0 saturated heterocycles. The van der Waals surface area contributed by atoms with E-state index < -0.39 is 0 Å². The Labute approximate surface area is 102 Å². The van der Waals surface area contributed by atoms with Gasteiger partial charge in [0.25, 0.3) is 0 Å². The van der Waals surface area contributed by atoms with Gasteiger partial charge in [0.15, 0.2) is 0 Å². The minimum atomic E-state index is 0. The lowest BCUT2D eigenvalue weighted by molar-refractivity contribution is 0.840. The fourth-order valence-electron chi connectivity index (χ4n) is 1.42. The maximum absolute atomic E-state index is 2.24. The molecule has 0 radical (unpaired) electrons. The van der Waals surface area contributed by atoms with Gasteiger partial charge in [-0.25, -0.2) is 0 Å². The largest absolute Gasteiger partial charge is 0.0798 e. The molecule has 1 aromatic rings. The molecule has 0 aromatic heterocycles. The first-order chi connectivity index (χ1) is 7.16. The summed E-state index contributed by atoms with van der Waals surface area (Å²) in [6.45, 7) is 12.8. The predicted octanol–water partition coefficient (Wildman–Crippen LogP) is 3.98. The predicted molar refractivity (Wildman–Crippen MR) is 77.8 cm³/mol. The molecule has 0 bridgehead atoms. The second kappa shape index (κ2) is 9.21. The van der Waals surface area contributed by atoms with Crippen molar-refractivity contribution >= 4 is 11.6 Å². The first-order valence-electron chi connectivity index (χ1n) is 5.89. The molecule has 0 fully saturated rings. The molecule has 0 spiro atoms. The van der Waals surface area contributed by atoms with Crippen LogP contribution in [0.3, 0.4) is 0 Å². The Hall–Kier alpha value is -1.04. The first kappa shape index (κ1) is 17.4. The van der Waals surface area contributed by atoms with Crippen LogP contribution in [-0.4, -0.2) is 0 Å². The van der Waals surface area contributed by atoms with Crippen LogP contribution >= 0.6 is 0 Å². The third-order valence-corrected chi connectivity index (χ3v) is 2.56. The molecule has 0 unspecified atom stereocenters. The SMILES string of the molecule is C.C/C=c1/cccc/c1=C(/C)C(C)C.CC. The minimum Gasteiger partial charge on any atom is -0.0798 e. The van der Waals surface area contributed by atoms with E-state index in [0.29, 0.717) is 5.92 Å². The molecule has 0 atom stereocenters. The minimum absolute atomic E-state index is 0. The van der Waals surface area contributed by atoms with E-state index >= 15 is 0 Å². The summed E-state index contributed by atoms with van der Waals surface area (Å²) >= 11 is 0. The van der Waals surface area contributed by atoms with Gasteiger partial charge in [0.2, 0.25) is 0 Å². The van der Waals surface area contributed by atoms with Crippen molar-refractivity contribution in [2.24, 2.45) is 5.92 Å². The number of hydrogen-bond acceptors (Lipinski definition) is 0. The quantitative estimate of drug-likeness (QED) is 0.671. The highest BCUT2D eigenvalue weighted by Crippen LogP contribution is 2.05. The molecule has 1 aromatic carbocycles. The van der Waals surface area contributed by atoms with Gasteiger partial charge in [0.05, 0.1) is 0 Å². The van der Waals surface area contributed by atoms with E-state index in [0.717, 1.165) is 0 Å². The summed E-state index contributed by atoms with van der Waals surface area (Å²) in [4.78, 5) is 0. The Balaban J connectivity index is 0. The van der Waals surface area contributed by atoms with E-state index in [1.54, 1.807) is 0 Å². The highest BCUT2D eigenvalue weighted by atomic mass is 14.0. The second-order valence-electron chi connectivity index (χ2n) is 3.71. The number of hydrogen-bond donors (Lipinski definition) is 0. The van der Waals surface area contributed by atoms with Crippen LogP contribution in [-0.2, 0) is 0 Å². The molecule has 0 aliphatic rings. The molecule has 0 nitrogen and oxygen atoms in total. The molecular formula is C16H28. The van der Waals surface area contributed by atoms with Crippen molar-refractivity contribution in [3.63, 3.8) is 0 Å². The average molecular weight is 220 g/mol. The second-order valence-corrected chi connectivity index (χ2v) is 3.71. The number of benzene rings is 1. The normalized spacial score (nSPS) is 12.6. The zero-order chi connectivity index (χ0) is 11.8. The third-order valence-electron chi connectivity index (χ3n) is 2.56. The molecule has 0 heteroatoms. The summed E-state index contributed by atoms with van der Waals surface area (Å²) in [5, 5.41) is 2.73. The Bertz CT molecular complexity index is 383. The van der Waals surface area contributed by atoms with Gasteiger partial charge in [-0.1, -0.05) is 71.0 Å². The van der Waals surface area contributed by atoms with E-state index in [1.165, 1.54) is 16.0 Å². The molecule has 0 saturated carbocycles. The lowest BCUT2D eigenvalue weighted by Crippen LogP contribution is -2.26. The van der Waals surface area contributed by atoms with E-state index in [1.807, 2.05) is 13.8 Å². The zero-order valence-electron chi connectivity index (χ0n) is 11.0. The topological polar surface area (TPSA) is 0 Å². The van der Waals surface area contributed by atoms with Crippen molar-refractivity contribution < 1.29 is 0 Å². The maximum atomic E-state index is 2.24. The molecule has 0 N–H and O–H groups in total. The van der Waals surface area contributed by atoms with Crippen molar-refractivity contribution in [2.45, 2.75) is 49.0 Å². The molecule has 1 rings (SSSR count). The monoisotopic (exact) mass is 220 g/mol. The van der Waals surface area contributed by atoms with Crippen molar-refractivity contribution in [3.8, 4) is 0 Å². The van der Waals surface area contributed by atoms with Crippen LogP contribution < -0.4 is 10.4 Å². The van der Waals surface area contributed by atoms with Gasteiger partial charge in [-0.2, -0.15) is 0 Å². The van der Waals surface area contributed by atoms with Gasteiger partial charge in [0, 0.05) is 0 Å². The van der Waals surface area contributed by atoms with Crippen LogP contribution in [0, 0.1) is 5.92 Å². The van der Waals surface area contributed by atoms with Gasteiger partial charge in [0.1, 0.15) is 0 Å². The summed E-state index contributed by atoms with van der Waals surface area (Å²) in [6, 6.07) is 8.56. The van der Waals surface area contributed by atoms with E-state index in [-0.39, 0.29) is 7.43 Å². The summed E-state index contributed by atoms with van der Waals surface area (Å²) < 4.78 is 0. The first-order valence-corrected chi connectivity index (χ1v) is 5.89. The summed E-state index contributed by atoms with van der Waals surface area (Å²) in [5.74, 6) is 0.626. The van der Waals surface area contributed by atoms with Crippen LogP contribution in [0.25, 0.3) is 11.6 Å². The van der Waals surface area contributed by atoms with Gasteiger partial charge >= 0.3 is 0 Å². The Kier molecular flexibility index (Phi) is 9.99. The summed E-state index contributed by atoms with van der Waals surface area (Å²) in [7, 11) is 0. The Morgan fingerprint density at radius 1 is 1.12 bits per heavy atom. The standard InChI is InChI=1S/C13H18.C2H6.CH4/c1-5-12-8-6-7-9-13(12)11(4)10(2)3;1-2;/h5-10H,1-4H3;1-2H3;1H4/b12-5-,13-11+;;. The van der Waals surface area contributed by atoms with Crippen molar-refractivity contribution in [1.29, 1.82) is 0 Å². The Morgan fingerprint density at radius 3 is 2.06 bits per heavy atom. The fourth-order valence-corrected chi connectivity index (χ4v) is 1.42. The van der Waals surface area contributed by atoms with E-state index in [4.69, 9.17) is 0 Å².